The molecule has 0 saturated heterocycles. The van der Waals surface area contributed by atoms with Crippen LogP contribution in [0.5, 0.6) is 0 Å². The molecule has 2 aromatic heterocycles. The third-order valence-electron chi connectivity index (χ3n) is 5.34. The number of H-pyrrole nitrogens is 1. The highest BCUT2D eigenvalue weighted by atomic mass is 16.2. The van der Waals surface area contributed by atoms with E-state index >= 15 is 0 Å². The zero-order chi connectivity index (χ0) is 19.8. The van der Waals surface area contributed by atoms with Crippen molar-refractivity contribution in [1.29, 1.82) is 0 Å². The van der Waals surface area contributed by atoms with Crippen LogP contribution in [0.1, 0.15) is 22.6 Å². The van der Waals surface area contributed by atoms with Gasteiger partial charge in [0.05, 0.1) is 11.2 Å². The lowest BCUT2D eigenvalue weighted by atomic mass is 10.1. The quantitative estimate of drug-likeness (QED) is 0.729. The van der Waals surface area contributed by atoms with Gasteiger partial charge in [-0.05, 0) is 31.9 Å². The van der Waals surface area contributed by atoms with E-state index in [0.717, 1.165) is 22.2 Å². The topological polar surface area (TPSA) is 88.1 Å². The van der Waals surface area contributed by atoms with Crippen molar-refractivity contribution in [3.05, 3.63) is 73.7 Å². The lowest BCUT2D eigenvalue weighted by Crippen LogP contribution is -2.38. The highest BCUT2D eigenvalue weighted by Gasteiger charge is 2.22. The second kappa shape index (κ2) is 7.07. The lowest BCUT2D eigenvalue weighted by Gasteiger charge is -2.21. The van der Waals surface area contributed by atoms with E-state index in [2.05, 4.69) is 9.97 Å². The monoisotopic (exact) mass is 378 g/mol. The SMILES string of the molecule is Cc1nc2c(c(=O)[nH]1)CCN(C(=O)Cn1c(=O)cc(C)c3ccccc31)CC2. The number of aromatic nitrogens is 3. The van der Waals surface area contributed by atoms with Crippen LogP contribution in [0.3, 0.4) is 0 Å². The summed E-state index contributed by atoms with van der Waals surface area (Å²) in [6, 6.07) is 9.17. The van der Waals surface area contributed by atoms with Crippen LogP contribution in [-0.4, -0.2) is 38.4 Å². The standard InChI is InChI=1S/C21H22N4O3/c1-13-11-19(26)25(18-6-4-3-5-15(13)18)12-20(27)24-9-7-16-17(8-10-24)22-14(2)23-21(16)28/h3-6,11H,7-10,12H2,1-2H3,(H,22,23,28). The van der Waals surface area contributed by atoms with Crippen molar-refractivity contribution >= 4 is 16.8 Å². The van der Waals surface area contributed by atoms with Crippen molar-refractivity contribution in [2.24, 2.45) is 0 Å². The number of benzene rings is 1. The Morgan fingerprint density at radius 2 is 1.89 bits per heavy atom. The first-order chi connectivity index (χ1) is 13.4. The van der Waals surface area contributed by atoms with Crippen LogP contribution in [0.25, 0.3) is 10.9 Å². The number of nitrogens with zero attached hydrogens (tertiary/aromatic N) is 3. The highest BCUT2D eigenvalue weighted by Crippen LogP contribution is 2.17. The van der Waals surface area contributed by atoms with Gasteiger partial charge in [-0.25, -0.2) is 4.98 Å². The Morgan fingerprint density at radius 3 is 2.71 bits per heavy atom. The van der Waals surface area contributed by atoms with E-state index < -0.39 is 0 Å². The molecule has 0 spiro atoms. The molecule has 1 aromatic carbocycles. The van der Waals surface area contributed by atoms with Crippen molar-refractivity contribution in [1.82, 2.24) is 19.4 Å². The van der Waals surface area contributed by atoms with E-state index in [9.17, 15) is 14.4 Å². The summed E-state index contributed by atoms with van der Waals surface area (Å²) < 4.78 is 1.53. The molecule has 1 aliphatic rings. The van der Waals surface area contributed by atoms with Gasteiger partial charge in [-0.1, -0.05) is 18.2 Å². The Labute approximate surface area is 161 Å². The number of aryl methyl sites for hydroxylation is 2. The minimum absolute atomic E-state index is 0.0151. The Hall–Kier alpha value is -3.22. The van der Waals surface area contributed by atoms with Crippen LogP contribution < -0.4 is 11.1 Å². The number of amides is 1. The molecule has 3 aromatic rings. The van der Waals surface area contributed by atoms with Gasteiger partial charge in [0, 0.05) is 36.5 Å². The van der Waals surface area contributed by atoms with Crippen LogP contribution in [0.2, 0.25) is 0 Å². The molecular weight excluding hydrogens is 356 g/mol. The molecule has 1 aliphatic heterocycles. The predicted octanol–water partition coefficient (Wildman–Crippen LogP) is 1.33. The van der Waals surface area contributed by atoms with Gasteiger partial charge in [-0.15, -0.1) is 0 Å². The summed E-state index contributed by atoms with van der Waals surface area (Å²) in [5.74, 6) is 0.457. The number of aromatic amines is 1. The number of rotatable bonds is 2. The molecule has 0 bridgehead atoms. The Kier molecular flexibility index (Phi) is 4.58. The fraction of sp³-hybridized carbons (Fsp3) is 0.333. The fourth-order valence-corrected chi connectivity index (χ4v) is 3.88. The first-order valence-corrected chi connectivity index (χ1v) is 9.39. The van der Waals surface area contributed by atoms with Crippen molar-refractivity contribution in [3.63, 3.8) is 0 Å². The van der Waals surface area contributed by atoms with Crippen LogP contribution in [0.15, 0.2) is 39.9 Å². The molecule has 144 valence electrons. The smallest absolute Gasteiger partial charge is 0.254 e. The predicted molar refractivity (Wildman–Crippen MR) is 107 cm³/mol. The molecule has 7 nitrogen and oxygen atoms in total. The summed E-state index contributed by atoms with van der Waals surface area (Å²) in [5.41, 5.74) is 2.75. The Bertz CT molecular complexity index is 1190. The van der Waals surface area contributed by atoms with E-state index in [1.54, 1.807) is 17.9 Å². The second-order valence-corrected chi connectivity index (χ2v) is 7.23. The molecule has 0 saturated carbocycles. The molecule has 0 fully saturated rings. The molecule has 0 aliphatic carbocycles. The molecule has 7 heteroatoms. The molecule has 0 radical (unpaired) electrons. The van der Waals surface area contributed by atoms with Crippen molar-refractivity contribution in [2.45, 2.75) is 33.2 Å². The van der Waals surface area contributed by atoms with Crippen LogP contribution in [-0.2, 0) is 24.2 Å². The van der Waals surface area contributed by atoms with E-state index in [0.29, 0.717) is 37.3 Å². The van der Waals surface area contributed by atoms with Gasteiger partial charge in [0.25, 0.3) is 11.1 Å². The largest absolute Gasteiger partial charge is 0.340 e. The van der Waals surface area contributed by atoms with E-state index in [1.165, 1.54) is 4.57 Å². The van der Waals surface area contributed by atoms with E-state index in [1.807, 2.05) is 31.2 Å². The van der Waals surface area contributed by atoms with Gasteiger partial charge < -0.3 is 9.88 Å². The van der Waals surface area contributed by atoms with Gasteiger partial charge in [0.1, 0.15) is 12.4 Å². The maximum absolute atomic E-state index is 13.0. The van der Waals surface area contributed by atoms with Crippen molar-refractivity contribution in [3.8, 4) is 0 Å². The minimum atomic E-state index is -0.184. The molecule has 0 unspecified atom stereocenters. The third kappa shape index (κ3) is 3.24. The van der Waals surface area contributed by atoms with Gasteiger partial charge in [-0.2, -0.15) is 0 Å². The molecule has 1 N–H and O–H groups in total. The second-order valence-electron chi connectivity index (χ2n) is 7.23. The summed E-state index contributed by atoms with van der Waals surface area (Å²) in [5, 5.41) is 0.962. The van der Waals surface area contributed by atoms with Crippen molar-refractivity contribution in [2.75, 3.05) is 13.1 Å². The molecule has 28 heavy (non-hydrogen) atoms. The number of hydrogen-bond donors (Lipinski definition) is 1. The molecule has 3 heterocycles. The average molecular weight is 378 g/mol. The van der Waals surface area contributed by atoms with Crippen LogP contribution in [0, 0.1) is 13.8 Å². The summed E-state index contributed by atoms with van der Waals surface area (Å²) in [6.45, 7) is 4.57. The first-order valence-electron chi connectivity index (χ1n) is 9.39. The number of nitrogens with one attached hydrogen (secondary N) is 1. The molecular formula is C21H22N4O3. The zero-order valence-electron chi connectivity index (χ0n) is 16.0. The van der Waals surface area contributed by atoms with Gasteiger partial charge >= 0.3 is 0 Å². The maximum atomic E-state index is 13.0. The first kappa shape index (κ1) is 18.2. The summed E-state index contributed by atoms with van der Waals surface area (Å²) in [4.78, 5) is 46.6. The normalized spacial score (nSPS) is 14.0. The van der Waals surface area contributed by atoms with E-state index in [-0.39, 0.29) is 23.6 Å². The summed E-state index contributed by atoms with van der Waals surface area (Å²) in [6.07, 6.45) is 1.00. The number of pyridine rings is 1. The number of carbonyl (C=O) groups excluding carboxylic acids is 1. The zero-order valence-corrected chi connectivity index (χ0v) is 16.0. The van der Waals surface area contributed by atoms with Gasteiger partial charge in [0.2, 0.25) is 5.91 Å². The maximum Gasteiger partial charge on any atom is 0.254 e. The number of hydrogen-bond acceptors (Lipinski definition) is 4. The fourth-order valence-electron chi connectivity index (χ4n) is 3.88. The van der Waals surface area contributed by atoms with Gasteiger partial charge in [-0.3, -0.25) is 19.0 Å². The highest BCUT2D eigenvalue weighted by molar-refractivity contribution is 5.84. The minimum Gasteiger partial charge on any atom is -0.340 e. The van der Waals surface area contributed by atoms with Crippen LogP contribution >= 0.6 is 0 Å². The molecule has 1 amide bonds. The Balaban J connectivity index is 1.61. The number of carbonyl (C=O) groups is 1. The number of para-hydroxylation sites is 1. The Morgan fingerprint density at radius 1 is 1.14 bits per heavy atom. The van der Waals surface area contributed by atoms with Crippen molar-refractivity contribution < 1.29 is 4.79 Å². The molecule has 4 rings (SSSR count). The van der Waals surface area contributed by atoms with Crippen LogP contribution in [0.4, 0.5) is 0 Å². The third-order valence-corrected chi connectivity index (χ3v) is 5.34. The summed E-state index contributed by atoms with van der Waals surface area (Å²) >= 11 is 0. The van der Waals surface area contributed by atoms with E-state index in [4.69, 9.17) is 0 Å². The lowest BCUT2D eigenvalue weighted by molar-refractivity contribution is -0.131. The summed E-state index contributed by atoms with van der Waals surface area (Å²) in [7, 11) is 0. The number of fused-ring (bicyclic) bond motifs is 2. The van der Waals surface area contributed by atoms with Gasteiger partial charge in [0.15, 0.2) is 0 Å². The molecule has 0 atom stereocenters. The average Bonchev–Trinajstić information content (AvgIpc) is 2.88.